The van der Waals surface area contributed by atoms with E-state index in [9.17, 15) is 0 Å². The van der Waals surface area contributed by atoms with Crippen LogP contribution < -0.4 is 0 Å². The van der Waals surface area contributed by atoms with E-state index in [1.54, 1.807) is 0 Å². The molecular formula is Al11CeO18. The summed E-state index contributed by atoms with van der Waals surface area (Å²) in [5.41, 5.74) is 0. The van der Waals surface area contributed by atoms with Crippen LogP contribution in [0, 0.1) is 41.7 Å². The molecular weight excluding hydrogens is 725 g/mol. The Kier molecular flexibility index (Phi) is 36100. The summed E-state index contributed by atoms with van der Waals surface area (Å²) in [6.45, 7) is 0. The average Bonchev–Trinajstić information content (AvgIpc) is 0. The summed E-state index contributed by atoms with van der Waals surface area (Å²) in [6.07, 6.45) is 0. The van der Waals surface area contributed by atoms with Crippen molar-refractivity contribution in [2.75, 3.05) is 0 Å². The monoisotopic (exact) mass is 725 g/mol. The second-order valence-corrected chi connectivity index (χ2v) is 0. The molecule has 0 spiro atoms. The second-order valence-electron chi connectivity index (χ2n) is 0. The van der Waals surface area contributed by atoms with Gasteiger partial charge in [-0.15, -0.1) is 0 Å². The number of rotatable bonds is 0. The molecule has 0 N–H and O–H groups in total. The minimum Gasteiger partial charge on any atom is -2.00 e. The van der Waals surface area contributed by atoms with Gasteiger partial charge < -0.3 is 98.6 Å². The molecule has 0 aliphatic rings. The summed E-state index contributed by atoms with van der Waals surface area (Å²) >= 11 is 0. The molecule has 0 atom stereocenters. The van der Waals surface area contributed by atoms with E-state index in [2.05, 4.69) is 0 Å². The zero-order valence-electron chi connectivity index (χ0n) is 14.2. The molecule has 0 aliphatic carbocycles. The Morgan fingerprint density at radius 2 is 0.100 bits per heavy atom. The predicted molar refractivity (Wildman–Crippen MR) is 75.7 cm³/mol. The topological polar surface area (TPSA) is 513 Å². The van der Waals surface area contributed by atoms with E-state index in [1.807, 2.05) is 0 Å². The smallest absolute Gasteiger partial charge is 2.00 e. The van der Waals surface area contributed by atoms with Crippen molar-refractivity contribution in [3.8, 4) is 0 Å². The van der Waals surface area contributed by atoms with Gasteiger partial charge in [0.25, 0.3) is 0 Å². The van der Waals surface area contributed by atoms with Crippen LogP contribution in [0.15, 0.2) is 0 Å². The van der Waals surface area contributed by atoms with Crippen LogP contribution in [-0.2, 0) is 98.6 Å². The van der Waals surface area contributed by atoms with E-state index >= 15 is 0 Å². The molecule has 0 fully saturated rings. The fraction of sp³-hybridized carbons (Fsp3) is 0. The van der Waals surface area contributed by atoms with Gasteiger partial charge in [0.15, 0.2) is 0 Å². The van der Waals surface area contributed by atoms with Gasteiger partial charge in [-0.25, -0.2) is 0 Å². The summed E-state index contributed by atoms with van der Waals surface area (Å²) in [7, 11) is 0. The Balaban J connectivity index is 0. The van der Waals surface area contributed by atoms with Crippen molar-refractivity contribution in [1.82, 2.24) is 0 Å². The molecule has 0 aromatic rings. The first-order valence-corrected chi connectivity index (χ1v) is 0. The summed E-state index contributed by atoms with van der Waals surface area (Å²) in [5, 5.41) is 0. The molecule has 0 saturated heterocycles. The van der Waals surface area contributed by atoms with Crippen molar-refractivity contribution in [1.29, 1.82) is 0 Å². The van der Waals surface area contributed by atoms with E-state index in [4.69, 9.17) is 0 Å². The average molecular weight is 725 g/mol. The Bertz CT molecular complexity index is 34.1. The normalized spacial score (nSPS) is 0. The standard InChI is InChI=1S/11Al.Ce.18O/q12*+3;18*-2. The van der Waals surface area contributed by atoms with Crippen LogP contribution in [0.4, 0.5) is 0 Å². The van der Waals surface area contributed by atoms with Crippen molar-refractivity contribution in [3.63, 3.8) is 0 Å². The predicted octanol–water partition coefficient (Wildman–Crippen LogP) is -6.33. The third-order valence-corrected chi connectivity index (χ3v) is 0. The van der Waals surface area contributed by atoms with Crippen molar-refractivity contribution < 1.29 is 140 Å². The molecule has 0 amide bonds. The van der Waals surface area contributed by atoms with E-state index in [1.165, 1.54) is 0 Å². The maximum absolute atomic E-state index is 0. The summed E-state index contributed by atoms with van der Waals surface area (Å²) in [6, 6.07) is 0. The molecule has 18 nitrogen and oxygen atoms in total. The number of hydrogen-bond donors (Lipinski definition) is 0. The van der Waals surface area contributed by atoms with Crippen molar-refractivity contribution in [2.45, 2.75) is 0 Å². The SMILES string of the molecule is [Al+3].[Al+3].[Al+3].[Al+3].[Al+3].[Al+3].[Al+3].[Al+3].[Al+3].[Al+3].[Al+3].[Ce+3].[O-2].[O-2].[O-2].[O-2].[O-2].[O-2].[O-2].[O-2].[O-2].[O-2].[O-2].[O-2].[O-2].[O-2].[O-2].[O-2].[O-2].[O-2]. The van der Waals surface area contributed by atoms with E-state index < -0.39 is 0 Å². The molecule has 0 saturated carbocycles. The largest absolute Gasteiger partial charge is 3.00 e. The van der Waals surface area contributed by atoms with Gasteiger partial charge in [0.2, 0.25) is 0 Å². The molecule has 30 heavy (non-hydrogen) atoms. The minimum absolute atomic E-state index is 0. The zero-order chi connectivity index (χ0) is 0. The molecule has 0 bridgehead atoms. The third-order valence-electron chi connectivity index (χ3n) is 0. The Labute approximate surface area is 326 Å². The molecule has 0 aliphatic heterocycles. The summed E-state index contributed by atoms with van der Waals surface area (Å²) in [5.74, 6) is 0. The van der Waals surface area contributed by atoms with Gasteiger partial charge in [-0.2, -0.15) is 0 Å². The Morgan fingerprint density at radius 3 is 0.100 bits per heavy atom. The van der Waals surface area contributed by atoms with Crippen molar-refractivity contribution in [3.05, 3.63) is 0 Å². The van der Waals surface area contributed by atoms with Gasteiger partial charge >= 0.3 is 233 Å². The Hall–Kier alpha value is 6.51. The third kappa shape index (κ3) is 914. The van der Waals surface area contributed by atoms with Crippen LogP contribution in [0.3, 0.4) is 0 Å². The van der Waals surface area contributed by atoms with Gasteiger partial charge in [0.05, 0.1) is 0 Å². The first-order valence-electron chi connectivity index (χ1n) is 0. The molecule has 0 rings (SSSR count). The fourth-order valence-electron chi connectivity index (χ4n) is 0. The maximum Gasteiger partial charge on any atom is 3.00 e. The zero-order valence-corrected chi connectivity index (χ0v) is 30.0. The van der Waals surface area contributed by atoms with Crippen LogP contribution in [0.25, 0.3) is 0 Å². The first kappa shape index (κ1) is 1090. The van der Waals surface area contributed by atoms with Gasteiger partial charge in [-0.3, -0.25) is 0 Å². The van der Waals surface area contributed by atoms with Crippen molar-refractivity contribution >= 4 is 191 Å². The van der Waals surface area contributed by atoms with E-state index in [-0.39, 0.29) is 331 Å². The molecule has 0 aromatic carbocycles. The van der Waals surface area contributed by atoms with Crippen LogP contribution in [0.1, 0.15) is 0 Å². The van der Waals surface area contributed by atoms with Crippen LogP contribution in [-0.4, -0.2) is 191 Å². The van der Waals surface area contributed by atoms with Crippen LogP contribution in [0.2, 0.25) is 0 Å². The van der Waals surface area contributed by atoms with E-state index in [0.717, 1.165) is 0 Å². The Morgan fingerprint density at radius 1 is 0.100 bits per heavy atom. The molecule has 145 valence electrons. The molecule has 30 heteroatoms. The first-order chi connectivity index (χ1) is 0. The second kappa shape index (κ2) is 997. The summed E-state index contributed by atoms with van der Waals surface area (Å²) in [4.78, 5) is 0. The fourth-order valence-corrected chi connectivity index (χ4v) is 0. The van der Waals surface area contributed by atoms with Crippen LogP contribution in [0.5, 0.6) is 0 Å². The molecule has 0 heterocycles. The maximum atomic E-state index is 0. The van der Waals surface area contributed by atoms with Gasteiger partial charge in [0, 0.05) is 0 Å². The van der Waals surface area contributed by atoms with Gasteiger partial charge in [0.1, 0.15) is 0 Å². The van der Waals surface area contributed by atoms with Gasteiger partial charge in [-0.1, -0.05) is 0 Å². The molecule has 1 radical (unpaired) electrons. The van der Waals surface area contributed by atoms with Crippen LogP contribution >= 0.6 is 0 Å². The number of hydrogen-bond acceptors (Lipinski definition) is 0. The van der Waals surface area contributed by atoms with Gasteiger partial charge in [-0.05, 0) is 0 Å². The molecule has 0 aromatic heterocycles. The van der Waals surface area contributed by atoms with E-state index in [0.29, 0.717) is 0 Å². The van der Waals surface area contributed by atoms with Crippen molar-refractivity contribution in [2.24, 2.45) is 0 Å². The molecule has 0 unspecified atom stereocenters. The quantitative estimate of drug-likeness (QED) is 0.210. The summed E-state index contributed by atoms with van der Waals surface area (Å²) < 4.78 is 0. The minimum atomic E-state index is 0.